The fraction of sp³-hybridized carbons (Fsp3) is 0.150. The maximum absolute atomic E-state index is 14.1. The van der Waals surface area contributed by atoms with Crippen molar-refractivity contribution in [3.63, 3.8) is 0 Å². The number of methoxy groups -OCH3 is 1. The molecule has 8 nitrogen and oxygen atoms in total. The summed E-state index contributed by atoms with van der Waals surface area (Å²) in [4.78, 5) is 21.3. The number of hydrogen-bond acceptors (Lipinski definition) is 6. The van der Waals surface area contributed by atoms with Crippen LogP contribution < -0.4 is 20.9 Å². The Morgan fingerprint density at radius 2 is 1.97 bits per heavy atom. The minimum Gasteiger partial charge on any atom is -0.492 e. The van der Waals surface area contributed by atoms with E-state index in [-0.39, 0.29) is 11.3 Å². The molecule has 0 spiro atoms. The Morgan fingerprint density at radius 3 is 2.72 bits per heavy atom. The van der Waals surface area contributed by atoms with E-state index >= 15 is 0 Å². The average molecular weight is 394 g/mol. The number of nitrogens with zero attached hydrogens (tertiary/aromatic N) is 3. The number of aromatic amines is 1. The molecule has 0 bridgehead atoms. The van der Waals surface area contributed by atoms with Crippen molar-refractivity contribution in [2.75, 3.05) is 17.7 Å². The van der Waals surface area contributed by atoms with E-state index in [0.717, 1.165) is 5.56 Å². The summed E-state index contributed by atoms with van der Waals surface area (Å²) in [7, 11) is 2.99. The van der Waals surface area contributed by atoms with Crippen LogP contribution in [0.3, 0.4) is 0 Å². The van der Waals surface area contributed by atoms with Crippen molar-refractivity contribution < 1.29 is 9.13 Å². The van der Waals surface area contributed by atoms with Gasteiger partial charge in [-0.15, -0.1) is 0 Å². The van der Waals surface area contributed by atoms with Gasteiger partial charge in [-0.3, -0.25) is 14.6 Å². The van der Waals surface area contributed by atoms with Gasteiger partial charge >= 0.3 is 0 Å². The van der Waals surface area contributed by atoms with Gasteiger partial charge in [0.15, 0.2) is 17.2 Å². The first kappa shape index (κ1) is 18.5. The number of rotatable bonds is 5. The monoisotopic (exact) mass is 394 g/mol. The second kappa shape index (κ2) is 7.27. The van der Waals surface area contributed by atoms with E-state index < -0.39 is 5.82 Å². The molecule has 0 amide bonds. The van der Waals surface area contributed by atoms with E-state index in [0.29, 0.717) is 34.0 Å². The van der Waals surface area contributed by atoms with Crippen LogP contribution in [0.15, 0.2) is 47.4 Å². The van der Waals surface area contributed by atoms with Crippen molar-refractivity contribution >= 4 is 34.0 Å². The molecule has 0 saturated carbocycles. The molecule has 4 rings (SSSR count). The van der Waals surface area contributed by atoms with Gasteiger partial charge in [-0.05, 0) is 36.8 Å². The third-order valence-electron chi connectivity index (χ3n) is 4.42. The molecule has 0 aliphatic carbocycles. The summed E-state index contributed by atoms with van der Waals surface area (Å²) in [5, 5.41) is 9.50. The molecule has 0 aliphatic heterocycles. The van der Waals surface area contributed by atoms with Gasteiger partial charge in [-0.2, -0.15) is 0 Å². The smallest absolute Gasteiger partial charge is 0.277 e. The van der Waals surface area contributed by atoms with Gasteiger partial charge < -0.3 is 15.4 Å². The predicted molar refractivity (Wildman–Crippen MR) is 110 cm³/mol. The van der Waals surface area contributed by atoms with E-state index in [9.17, 15) is 9.18 Å². The van der Waals surface area contributed by atoms with Crippen molar-refractivity contribution in [2.24, 2.45) is 7.05 Å². The van der Waals surface area contributed by atoms with Gasteiger partial charge in [-0.1, -0.05) is 6.07 Å². The van der Waals surface area contributed by atoms with Gasteiger partial charge in [-0.25, -0.2) is 14.4 Å². The molecule has 0 unspecified atom stereocenters. The number of aryl methyl sites for hydroxylation is 2. The molecular weight excluding hydrogens is 375 g/mol. The molecule has 0 fully saturated rings. The SMILES string of the molecule is COc1c(F)cccc1Nc1cc(Nc2cc(C)ccn2)nc2[nH]n(C)c(=O)c12. The van der Waals surface area contributed by atoms with E-state index in [2.05, 4.69) is 25.7 Å². The standard InChI is InChI=1S/C20H19FN6O2/c1-11-7-8-22-15(9-11)24-16-10-14(17-19(25-16)26-27(2)20(17)28)23-13-6-4-5-12(21)18(13)29-3/h4-10H,1-3H3,(H3,22,23,24,25,26). The zero-order valence-corrected chi connectivity index (χ0v) is 16.1. The molecule has 1 aromatic carbocycles. The van der Waals surface area contributed by atoms with E-state index in [1.807, 2.05) is 19.1 Å². The Labute approximate surface area is 165 Å². The molecule has 3 heterocycles. The summed E-state index contributed by atoms with van der Waals surface area (Å²) in [5.74, 6) is 0.631. The number of anilines is 4. The van der Waals surface area contributed by atoms with Crippen molar-refractivity contribution in [1.82, 2.24) is 19.7 Å². The Morgan fingerprint density at radius 1 is 1.14 bits per heavy atom. The van der Waals surface area contributed by atoms with Crippen molar-refractivity contribution in [3.8, 4) is 5.75 Å². The lowest BCUT2D eigenvalue weighted by Crippen LogP contribution is -2.12. The van der Waals surface area contributed by atoms with Crippen LogP contribution in [-0.4, -0.2) is 26.9 Å². The highest BCUT2D eigenvalue weighted by Gasteiger charge is 2.16. The van der Waals surface area contributed by atoms with Crippen LogP contribution in [0.5, 0.6) is 5.75 Å². The molecule has 3 N–H and O–H groups in total. The number of aromatic nitrogens is 4. The maximum Gasteiger partial charge on any atom is 0.277 e. The average Bonchev–Trinajstić information content (AvgIpc) is 2.96. The highest BCUT2D eigenvalue weighted by molar-refractivity contribution is 5.93. The molecule has 0 aliphatic rings. The topological polar surface area (TPSA) is 96.9 Å². The Kier molecular flexibility index (Phi) is 4.63. The van der Waals surface area contributed by atoms with Gasteiger partial charge in [0.1, 0.15) is 17.0 Å². The Balaban J connectivity index is 1.83. The lowest BCUT2D eigenvalue weighted by molar-refractivity contribution is 0.388. The molecule has 0 radical (unpaired) electrons. The number of ether oxygens (including phenoxy) is 1. The molecular formula is C20H19FN6O2. The van der Waals surface area contributed by atoms with Crippen molar-refractivity contribution in [1.29, 1.82) is 0 Å². The highest BCUT2D eigenvalue weighted by atomic mass is 19.1. The van der Waals surface area contributed by atoms with Crippen LogP contribution in [0.25, 0.3) is 11.0 Å². The Bertz CT molecular complexity index is 1260. The maximum atomic E-state index is 14.1. The van der Waals surface area contributed by atoms with E-state index in [4.69, 9.17) is 4.74 Å². The number of fused-ring (bicyclic) bond motifs is 1. The highest BCUT2D eigenvalue weighted by Crippen LogP contribution is 2.33. The van der Waals surface area contributed by atoms with Crippen LogP contribution >= 0.6 is 0 Å². The molecule has 0 saturated heterocycles. The van der Waals surface area contributed by atoms with E-state index in [1.165, 1.54) is 17.9 Å². The molecule has 29 heavy (non-hydrogen) atoms. The van der Waals surface area contributed by atoms with Crippen LogP contribution in [-0.2, 0) is 7.05 Å². The molecule has 3 aromatic heterocycles. The fourth-order valence-corrected chi connectivity index (χ4v) is 3.08. The molecule has 0 atom stereocenters. The summed E-state index contributed by atoms with van der Waals surface area (Å²) in [6.07, 6.45) is 1.69. The lowest BCUT2D eigenvalue weighted by atomic mass is 10.2. The second-order valence-electron chi connectivity index (χ2n) is 6.54. The quantitative estimate of drug-likeness (QED) is 0.479. The molecule has 4 aromatic rings. The van der Waals surface area contributed by atoms with E-state index in [1.54, 1.807) is 31.4 Å². The molecule has 148 valence electrons. The van der Waals surface area contributed by atoms with Gasteiger partial charge in [0.25, 0.3) is 5.56 Å². The first-order chi connectivity index (χ1) is 14.0. The summed E-state index contributed by atoms with van der Waals surface area (Å²) in [6, 6.07) is 9.97. The fourth-order valence-electron chi connectivity index (χ4n) is 3.08. The van der Waals surface area contributed by atoms with Crippen LogP contribution in [0.4, 0.5) is 27.4 Å². The molecule has 9 heteroatoms. The van der Waals surface area contributed by atoms with Crippen LogP contribution in [0, 0.1) is 12.7 Å². The zero-order chi connectivity index (χ0) is 20.5. The lowest BCUT2D eigenvalue weighted by Gasteiger charge is -2.13. The summed E-state index contributed by atoms with van der Waals surface area (Å²) in [6.45, 7) is 1.96. The number of nitrogens with one attached hydrogen (secondary N) is 3. The van der Waals surface area contributed by atoms with Crippen molar-refractivity contribution in [2.45, 2.75) is 6.92 Å². The van der Waals surface area contributed by atoms with Gasteiger partial charge in [0.2, 0.25) is 0 Å². The van der Waals surface area contributed by atoms with Crippen LogP contribution in [0.2, 0.25) is 0 Å². The number of para-hydroxylation sites is 1. The van der Waals surface area contributed by atoms with Gasteiger partial charge in [0.05, 0.1) is 18.5 Å². The number of halogens is 1. The normalized spacial score (nSPS) is 10.9. The third-order valence-corrected chi connectivity index (χ3v) is 4.42. The minimum atomic E-state index is -0.507. The number of H-pyrrole nitrogens is 1. The van der Waals surface area contributed by atoms with Crippen LogP contribution in [0.1, 0.15) is 5.56 Å². The summed E-state index contributed by atoms with van der Waals surface area (Å²) in [5.41, 5.74) is 2.01. The minimum absolute atomic E-state index is 0.0553. The number of benzene rings is 1. The number of hydrogen-bond donors (Lipinski definition) is 3. The first-order valence-corrected chi connectivity index (χ1v) is 8.85. The summed E-state index contributed by atoms with van der Waals surface area (Å²) >= 11 is 0. The first-order valence-electron chi connectivity index (χ1n) is 8.85. The predicted octanol–water partition coefficient (Wildman–Crippen LogP) is 3.60. The largest absolute Gasteiger partial charge is 0.492 e. The van der Waals surface area contributed by atoms with Gasteiger partial charge in [0, 0.05) is 19.3 Å². The Hall–Kier alpha value is -3.88. The summed E-state index contributed by atoms with van der Waals surface area (Å²) < 4.78 is 20.6. The third kappa shape index (κ3) is 3.49. The second-order valence-corrected chi connectivity index (χ2v) is 6.54. The number of pyridine rings is 2. The van der Waals surface area contributed by atoms with Crippen molar-refractivity contribution in [3.05, 3.63) is 64.3 Å². The zero-order valence-electron chi connectivity index (χ0n) is 16.1.